The molecule has 1 heterocycles. The van der Waals surface area contributed by atoms with Gasteiger partial charge in [0, 0.05) is 25.3 Å². The van der Waals surface area contributed by atoms with E-state index in [-0.39, 0.29) is 12.2 Å². The molecule has 0 unspecified atom stereocenters. The Morgan fingerprint density at radius 1 is 1.19 bits per heavy atom. The van der Waals surface area contributed by atoms with Gasteiger partial charge in [-0.3, -0.25) is 0 Å². The molecule has 0 bridgehead atoms. The lowest BCUT2D eigenvalue weighted by atomic mass is 10.1. The summed E-state index contributed by atoms with van der Waals surface area (Å²) in [5, 5.41) is 3.11. The van der Waals surface area contributed by atoms with Gasteiger partial charge in [-0.05, 0) is 24.6 Å². The van der Waals surface area contributed by atoms with Crippen LogP contribution in [-0.2, 0) is 11.3 Å². The maximum absolute atomic E-state index is 13.9. The van der Waals surface area contributed by atoms with E-state index in [1.807, 2.05) is 6.92 Å². The van der Waals surface area contributed by atoms with Crippen molar-refractivity contribution in [2.75, 3.05) is 19.0 Å². The van der Waals surface area contributed by atoms with Crippen LogP contribution < -0.4 is 5.32 Å². The van der Waals surface area contributed by atoms with Crippen molar-refractivity contribution in [3.8, 4) is 11.3 Å². The molecule has 0 spiro atoms. The third kappa shape index (κ3) is 3.95. The number of hydrogen-bond acceptors (Lipinski definition) is 4. The summed E-state index contributed by atoms with van der Waals surface area (Å²) in [6.45, 7) is 2.96. The summed E-state index contributed by atoms with van der Waals surface area (Å²) in [5.74, 6) is -0.0592. The molecule has 4 nitrogen and oxygen atoms in total. The standard InChI is InChI=1S/C15H17F2N3O/c1-3-6-18-14-8-13(19-15(20-14)9-21-2)11-7-10(16)4-5-12(11)17/h4-5,7-8H,3,6,9H2,1-2H3,(H,18,19,20). The average molecular weight is 293 g/mol. The van der Waals surface area contributed by atoms with E-state index in [1.54, 1.807) is 6.07 Å². The molecule has 2 rings (SSSR count). The first-order valence-electron chi connectivity index (χ1n) is 6.70. The largest absolute Gasteiger partial charge is 0.377 e. The van der Waals surface area contributed by atoms with E-state index in [0.29, 0.717) is 17.3 Å². The fraction of sp³-hybridized carbons (Fsp3) is 0.333. The second kappa shape index (κ2) is 7.08. The van der Waals surface area contributed by atoms with Gasteiger partial charge in [0.1, 0.15) is 24.1 Å². The van der Waals surface area contributed by atoms with E-state index in [9.17, 15) is 8.78 Å². The van der Waals surface area contributed by atoms with Gasteiger partial charge in [0.25, 0.3) is 0 Å². The van der Waals surface area contributed by atoms with Crippen molar-refractivity contribution in [2.45, 2.75) is 20.0 Å². The molecule has 0 radical (unpaired) electrons. The first-order valence-corrected chi connectivity index (χ1v) is 6.70. The fourth-order valence-corrected chi connectivity index (χ4v) is 1.87. The van der Waals surface area contributed by atoms with Gasteiger partial charge in [-0.15, -0.1) is 0 Å². The van der Waals surface area contributed by atoms with Gasteiger partial charge in [0.2, 0.25) is 0 Å². The van der Waals surface area contributed by atoms with E-state index >= 15 is 0 Å². The lowest BCUT2D eigenvalue weighted by Crippen LogP contribution is -2.07. The van der Waals surface area contributed by atoms with Gasteiger partial charge in [-0.1, -0.05) is 6.92 Å². The van der Waals surface area contributed by atoms with Gasteiger partial charge >= 0.3 is 0 Å². The highest BCUT2D eigenvalue weighted by atomic mass is 19.1. The molecule has 6 heteroatoms. The molecule has 1 aromatic heterocycles. The van der Waals surface area contributed by atoms with Crippen LogP contribution in [0.3, 0.4) is 0 Å². The minimum atomic E-state index is -0.528. The monoisotopic (exact) mass is 293 g/mol. The highest BCUT2D eigenvalue weighted by Crippen LogP contribution is 2.24. The van der Waals surface area contributed by atoms with Crippen LogP contribution in [0.15, 0.2) is 24.3 Å². The molecule has 0 fully saturated rings. The number of ether oxygens (including phenoxy) is 1. The smallest absolute Gasteiger partial charge is 0.157 e. The van der Waals surface area contributed by atoms with Crippen LogP contribution in [0.5, 0.6) is 0 Å². The Kier molecular flexibility index (Phi) is 5.16. The maximum Gasteiger partial charge on any atom is 0.157 e. The Morgan fingerprint density at radius 2 is 2.00 bits per heavy atom. The lowest BCUT2D eigenvalue weighted by molar-refractivity contribution is 0.178. The molecule has 1 aromatic carbocycles. The minimum Gasteiger partial charge on any atom is -0.377 e. The minimum absolute atomic E-state index is 0.106. The number of aromatic nitrogens is 2. The van der Waals surface area contributed by atoms with Crippen molar-refractivity contribution < 1.29 is 13.5 Å². The van der Waals surface area contributed by atoms with Crippen molar-refractivity contribution >= 4 is 5.82 Å². The van der Waals surface area contributed by atoms with Crippen LogP contribution in [-0.4, -0.2) is 23.6 Å². The molecule has 112 valence electrons. The summed E-state index contributed by atoms with van der Waals surface area (Å²) in [7, 11) is 1.53. The van der Waals surface area contributed by atoms with E-state index in [0.717, 1.165) is 31.2 Å². The average Bonchev–Trinajstić information content (AvgIpc) is 2.48. The first-order chi connectivity index (χ1) is 10.1. The second-order valence-corrected chi connectivity index (χ2v) is 4.54. The van der Waals surface area contributed by atoms with Gasteiger partial charge in [0.15, 0.2) is 5.82 Å². The van der Waals surface area contributed by atoms with Crippen LogP contribution in [0.4, 0.5) is 14.6 Å². The van der Waals surface area contributed by atoms with E-state index in [2.05, 4.69) is 15.3 Å². The molecular weight excluding hydrogens is 276 g/mol. The van der Waals surface area contributed by atoms with Crippen molar-refractivity contribution in [2.24, 2.45) is 0 Å². The molecule has 0 aliphatic carbocycles. The predicted octanol–water partition coefficient (Wildman–Crippen LogP) is 3.39. The Hall–Kier alpha value is -2.08. The van der Waals surface area contributed by atoms with Crippen LogP contribution >= 0.6 is 0 Å². The second-order valence-electron chi connectivity index (χ2n) is 4.54. The highest BCUT2D eigenvalue weighted by molar-refractivity contribution is 5.63. The molecule has 0 saturated carbocycles. The molecule has 0 aliphatic heterocycles. The summed E-state index contributed by atoms with van der Waals surface area (Å²) in [4.78, 5) is 8.50. The number of nitrogens with one attached hydrogen (secondary N) is 1. The number of rotatable bonds is 6. The number of anilines is 1. The van der Waals surface area contributed by atoms with E-state index < -0.39 is 11.6 Å². The van der Waals surface area contributed by atoms with E-state index in [1.165, 1.54) is 7.11 Å². The Bertz CT molecular complexity index is 620. The fourth-order valence-electron chi connectivity index (χ4n) is 1.87. The molecular formula is C15H17F2N3O. The van der Waals surface area contributed by atoms with Crippen LogP contribution in [0, 0.1) is 11.6 Å². The molecule has 1 N–H and O–H groups in total. The van der Waals surface area contributed by atoms with E-state index in [4.69, 9.17) is 4.74 Å². The van der Waals surface area contributed by atoms with Gasteiger partial charge in [-0.2, -0.15) is 0 Å². The zero-order chi connectivity index (χ0) is 15.2. The van der Waals surface area contributed by atoms with Crippen molar-refractivity contribution in [1.29, 1.82) is 0 Å². The van der Waals surface area contributed by atoms with Crippen molar-refractivity contribution in [1.82, 2.24) is 9.97 Å². The zero-order valence-electron chi connectivity index (χ0n) is 12.0. The summed E-state index contributed by atoms with van der Waals surface area (Å²) in [5.41, 5.74) is 0.432. The summed E-state index contributed by atoms with van der Waals surface area (Å²) in [6.07, 6.45) is 0.924. The third-order valence-corrected chi connectivity index (χ3v) is 2.81. The predicted molar refractivity (Wildman–Crippen MR) is 76.9 cm³/mol. The summed E-state index contributed by atoms with van der Waals surface area (Å²) < 4.78 is 32.2. The molecule has 0 atom stereocenters. The highest BCUT2D eigenvalue weighted by Gasteiger charge is 2.11. The third-order valence-electron chi connectivity index (χ3n) is 2.81. The van der Waals surface area contributed by atoms with Gasteiger partial charge in [-0.25, -0.2) is 18.7 Å². The topological polar surface area (TPSA) is 47.0 Å². The van der Waals surface area contributed by atoms with Crippen LogP contribution in [0.1, 0.15) is 19.2 Å². The quantitative estimate of drug-likeness (QED) is 0.887. The Balaban J connectivity index is 2.45. The lowest BCUT2D eigenvalue weighted by Gasteiger charge is -2.10. The molecule has 2 aromatic rings. The Labute approximate surface area is 122 Å². The number of nitrogens with zero attached hydrogens (tertiary/aromatic N) is 2. The zero-order valence-corrected chi connectivity index (χ0v) is 12.0. The number of benzene rings is 1. The molecule has 0 aliphatic rings. The van der Waals surface area contributed by atoms with Gasteiger partial charge < -0.3 is 10.1 Å². The van der Waals surface area contributed by atoms with Crippen LogP contribution in [0.25, 0.3) is 11.3 Å². The maximum atomic E-state index is 13.9. The molecule has 0 amide bonds. The number of methoxy groups -OCH3 is 1. The van der Waals surface area contributed by atoms with Crippen molar-refractivity contribution in [3.05, 3.63) is 41.7 Å². The number of hydrogen-bond donors (Lipinski definition) is 1. The summed E-state index contributed by atoms with van der Waals surface area (Å²) in [6, 6.07) is 4.89. The normalized spacial score (nSPS) is 10.7. The Morgan fingerprint density at radius 3 is 2.71 bits per heavy atom. The first kappa shape index (κ1) is 15.3. The number of halogens is 2. The molecule has 0 saturated heterocycles. The van der Waals surface area contributed by atoms with Crippen LogP contribution in [0.2, 0.25) is 0 Å². The van der Waals surface area contributed by atoms with Gasteiger partial charge in [0.05, 0.1) is 5.69 Å². The van der Waals surface area contributed by atoms with Crippen molar-refractivity contribution in [3.63, 3.8) is 0 Å². The summed E-state index contributed by atoms with van der Waals surface area (Å²) >= 11 is 0. The molecule has 21 heavy (non-hydrogen) atoms. The SMILES string of the molecule is CCCNc1cc(-c2cc(F)ccc2F)nc(COC)n1.